The standard InChI is InChI=1S/C70H114O35/c1-26-38(76)44(82)49(87)58(95-26)103-55-40(78)30(74)22-92-62(55)102-54-39(77)27(2)96-61(52(54)90)104-56-53(101-59-50(88)46(84)42(80)33(21-72)98-59)31(75)23-93-63(56)100-37-12-13-66(5)35(67(37,6)25-73)11-14-69(8)36(66)10-9-28-29-19-65(3,4)15-17-70(29,18-16-68(28,69)7)64(91)105-60-51(89)47(85)43(81)34(99-60)24-94-57-48(86)45(83)41(79)32(20-71)97-57/h9,26-27,29-63,71-90H,10-25H2,1-8H3/t26?,27-,29-,30+,31-,32+,33+,34+,35+,36+,37-,38+,39-,40-,41+,42+,43+,44+,45-,46-,47-,48+,49?,50+,51+,52+,53-,54+,55+,56+,57+,58+,59-,60-,61-,62-,63-,66-,67-,68+,69+,70-/m0/s1. The molecule has 0 spiro atoms. The number of carbonyl (C=O) groups is 1. The van der Waals surface area contributed by atoms with E-state index in [2.05, 4.69) is 40.7 Å². The number of ether oxygens (including phenoxy) is 14. The van der Waals surface area contributed by atoms with Gasteiger partial charge in [0.25, 0.3) is 0 Å². The molecule has 20 N–H and O–H groups in total. The fraction of sp³-hybridized carbons (Fsp3) is 0.957. The highest BCUT2D eigenvalue weighted by Crippen LogP contribution is 2.76. The minimum Gasteiger partial charge on any atom is -0.432 e. The average Bonchev–Trinajstić information content (AvgIpc) is 0.674. The third kappa shape index (κ3) is 14.5. The molecule has 604 valence electrons. The van der Waals surface area contributed by atoms with E-state index in [1.54, 1.807) is 0 Å². The molecule has 0 amide bonds. The van der Waals surface area contributed by atoms with Gasteiger partial charge in [-0.15, -0.1) is 0 Å². The fourth-order valence-corrected chi connectivity index (χ4v) is 20.2. The van der Waals surface area contributed by atoms with Crippen molar-refractivity contribution >= 4 is 5.97 Å². The maximum absolute atomic E-state index is 15.3. The zero-order chi connectivity index (χ0) is 76.4. The van der Waals surface area contributed by atoms with Crippen LogP contribution in [0.3, 0.4) is 0 Å². The maximum Gasteiger partial charge on any atom is 0.315 e. The summed E-state index contributed by atoms with van der Waals surface area (Å²) in [5.74, 6) is -1.27. The second kappa shape index (κ2) is 31.3. The molecular weight excluding hydrogens is 1400 g/mol. The molecule has 5 aliphatic carbocycles. The second-order valence-corrected chi connectivity index (χ2v) is 33.7. The van der Waals surface area contributed by atoms with Crippen molar-refractivity contribution in [1.82, 2.24) is 0 Å². The first-order valence-corrected chi connectivity index (χ1v) is 37.1. The summed E-state index contributed by atoms with van der Waals surface area (Å²) in [6.07, 6.45) is -50.0. The molecule has 35 nitrogen and oxygen atoms in total. The quantitative estimate of drug-likeness (QED) is 0.0345. The van der Waals surface area contributed by atoms with Crippen LogP contribution in [0.25, 0.3) is 0 Å². The SMILES string of the molecule is CC1O[C@H](O[C@H]2[C@H](O[C@@H]3[C@@H](O)[C@H](C)O[C@@H](O[C@H]4[C@H](O[C@H]5CC[C@@]6(C)[C@@H](CC[C@]7(C)[C@@H]6CC=C6[C@@H]8CC(C)(C)CC[C@]8(C(=O)O[C@@H]8O[C@H](CO[C@@H]9O[C@H](CO)[C@@H](O)[C@H](O)[C@H]9O)[C@@H](O)[C@H](O)[C@H]8O)CC[C@]67C)[C@]5(C)CO)OC[C@H](O)[C@@H]4O[C@@H]4O[C@H](CO)[C@@H](O)[C@H](O)[C@H]4O)[C@@H]3O)OC[C@@H](O)[C@@H]2O)C(O)[C@H](O)[C@@H]1O. The van der Waals surface area contributed by atoms with Crippen LogP contribution in [0.15, 0.2) is 11.6 Å². The Bertz CT molecular complexity index is 2970. The van der Waals surface area contributed by atoms with Gasteiger partial charge in [0.05, 0.1) is 63.4 Å². The van der Waals surface area contributed by atoms with Crippen LogP contribution < -0.4 is 0 Å². The summed E-state index contributed by atoms with van der Waals surface area (Å²) >= 11 is 0. The molecular formula is C70H114O35. The number of allylic oxidation sites excluding steroid dienone is 2. The molecule has 12 aliphatic rings. The van der Waals surface area contributed by atoms with Crippen molar-refractivity contribution in [2.24, 2.45) is 50.2 Å². The highest BCUT2D eigenvalue weighted by atomic mass is 16.8. The number of aliphatic hydroxyl groups is 20. The van der Waals surface area contributed by atoms with Gasteiger partial charge in [-0.3, -0.25) is 4.79 Å². The van der Waals surface area contributed by atoms with Crippen LogP contribution in [0.4, 0.5) is 0 Å². The topological polar surface area (TPSA) is 551 Å². The zero-order valence-electron chi connectivity index (χ0n) is 60.3. The van der Waals surface area contributed by atoms with Gasteiger partial charge >= 0.3 is 5.97 Å². The summed E-state index contributed by atoms with van der Waals surface area (Å²) < 4.78 is 85.0. The lowest BCUT2D eigenvalue weighted by atomic mass is 9.33. The predicted octanol–water partition coefficient (Wildman–Crippen LogP) is -6.26. The van der Waals surface area contributed by atoms with E-state index in [0.717, 1.165) is 5.57 Å². The van der Waals surface area contributed by atoms with Crippen molar-refractivity contribution in [3.63, 3.8) is 0 Å². The molecule has 105 heavy (non-hydrogen) atoms. The van der Waals surface area contributed by atoms with Gasteiger partial charge in [-0.1, -0.05) is 53.2 Å². The number of aliphatic hydroxyl groups excluding tert-OH is 20. The van der Waals surface area contributed by atoms with Gasteiger partial charge in [0.15, 0.2) is 37.7 Å². The lowest BCUT2D eigenvalue weighted by Gasteiger charge is -2.71. The van der Waals surface area contributed by atoms with Crippen molar-refractivity contribution in [2.75, 3.05) is 39.6 Å². The highest BCUT2D eigenvalue weighted by molar-refractivity contribution is 5.79. The average molecular weight is 1520 g/mol. The molecule has 4 saturated carbocycles. The van der Waals surface area contributed by atoms with E-state index < -0.39 is 282 Å². The molecule has 11 fully saturated rings. The monoisotopic (exact) mass is 1510 g/mol. The van der Waals surface area contributed by atoms with E-state index >= 15 is 4.79 Å². The molecule has 0 aromatic heterocycles. The van der Waals surface area contributed by atoms with Gasteiger partial charge in [-0.25, -0.2) is 0 Å². The molecule has 7 saturated heterocycles. The number of rotatable bonds is 18. The van der Waals surface area contributed by atoms with E-state index in [-0.39, 0.29) is 23.2 Å². The molecule has 7 aliphatic heterocycles. The van der Waals surface area contributed by atoms with Crippen molar-refractivity contribution in [3.05, 3.63) is 11.6 Å². The Hall–Kier alpha value is -2.11. The summed E-state index contributed by atoms with van der Waals surface area (Å²) in [6.45, 7) is 12.2. The maximum atomic E-state index is 15.3. The third-order valence-corrected chi connectivity index (χ3v) is 27.0. The first-order chi connectivity index (χ1) is 49.3. The van der Waals surface area contributed by atoms with E-state index in [4.69, 9.17) is 66.3 Å². The predicted molar refractivity (Wildman–Crippen MR) is 347 cm³/mol. The molecule has 2 unspecified atom stereocenters. The Labute approximate surface area is 607 Å². The summed E-state index contributed by atoms with van der Waals surface area (Å²) in [7, 11) is 0. The van der Waals surface area contributed by atoms with Gasteiger partial charge in [-0.2, -0.15) is 0 Å². The first-order valence-electron chi connectivity index (χ1n) is 37.1. The van der Waals surface area contributed by atoms with Crippen LogP contribution in [0.2, 0.25) is 0 Å². The van der Waals surface area contributed by atoms with Crippen LogP contribution >= 0.6 is 0 Å². The third-order valence-electron chi connectivity index (χ3n) is 27.0. The largest absolute Gasteiger partial charge is 0.432 e. The number of fused-ring (bicyclic) bond motifs is 7. The number of hydrogen-bond acceptors (Lipinski definition) is 35. The molecule has 0 bridgehead atoms. The van der Waals surface area contributed by atoms with Gasteiger partial charge in [0.2, 0.25) is 6.29 Å². The second-order valence-electron chi connectivity index (χ2n) is 33.7. The Kier molecular flexibility index (Phi) is 24.6. The molecule has 0 aromatic carbocycles. The smallest absolute Gasteiger partial charge is 0.315 e. The van der Waals surface area contributed by atoms with Crippen molar-refractivity contribution in [3.8, 4) is 0 Å². The Morgan fingerprint density at radius 2 is 0.962 bits per heavy atom. The summed E-state index contributed by atoms with van der Waals surface area (Å²) in [6, 6.07) is 0. The van der Waals surface area contributed by atoms with E-state index in [1.807, 2.05) is 6.92 Å². The minimum atomic E-state index is -2.05. The van der Waals surface area contributed by atoms with Gasteiger partial charge < -0.3 is 168 Å². The summed E-state index contributed by atoms with van der Waals surface area (Å²) in [4.78, 5) is 15.3. The molecule has 12 rings (SSSR count). The van der Waals surface area contributed by atoms with E-state index in [0.29, 0.717) is 64.2 Å². The van der Waals surface area contributed by atoms with Crippen molar-refractivity contribution in [2.45, 2.75) is 328 Å². The molecule has 0 radical (unpaired) electrons. The molecule has 42 atom stereocenters. The van der Waals surface area contributed by atoms with E-state index in [9.17, 15) is 102 Å². The van der Waals surface area contributed by atoms with Crippen LogP contribution in [-0.2, 0) is 71.1 Å². The summed E-state index contributed by atoms with van der Waals surface area (Å²) in [5.41, 5.74) is -2.73. The van der Waals surface area contributed by atoms with Crippen molar-refractivity contribution < 1.29 is 173 Å². The number of hydrogen-bond donors (Lipinski definition) is 20. The van der Waals surface area contributed by atoms with Crippen LogP contribution in [0, 0.1) is 50.2 Å². The fourth-order valence-electron chi connectivity index (χ4n) is 20.2. The lowest BCUT2D eigenvalue weighted by molar-refractivity contribution is -0.399. The van der Waals surface area contributed by atoms with Crippen LogP contribution in [0.5, 0.6) is 0 Å². The molecule has 7 heterocycles. The molecule has 0 aromatic rings. The van der Waals surface area contributed by atoms with Crippen molar-refractivity contribution in [1.29, 1.82) is 0 Å². The van der Waals surface area contributed by atoms with Gasteiger partial charge in [0, 0.05) is 5.41 Å². The Morgan fingerprint density at radius 3 is 1.59 bits per heavy atom. The Balaban J connectivity index is 0.789. The van der Waals surface area contributed by atoms with Crippen LogP contribution in [-0.4, -0.2) is 357 Å². The minimum absolute atomic E-state index is 0.0147. The normalized spacial score (nSPS) is 55.2. The van der Waals surface area contributed by atoms with E-state index in [1.165, 1.54) is 13.8 Å². The van der Waals surface area contributed by atoms with Gasteiger partial charge in [0.1, 0.15) is 146 Å². The number of esters is 1. The summed E-state index contributed by atoms with van der Waals surface area (Å²) in [5, 5.41) is 220. The zero-order valence-corrected chi connectivity index (χ0v) is 60.3. The highest BCUT2D eigenvalue weighted by Gasteiger charge is 2.71. The van der Waals surface area contributed by atoms with Crippen LogP contribution in [0.1, 0.15) is 120 Å². The first kappa shape index (κ1) is 82.4. The lowest BCUT2D eigenvalue weighted by Crippen LogP contribution is -2.68. The number of carbonyl (C=O) groups excluding carboxylic acids is 1. The van der Waals surface area contributed by atoms with Gasteiger partial charge in [-0.05, 0) is 117 Å². The Morgan fingerprint density at radius 1 is 0.457 bits per heavy atom. The molecule has 35 heteroatoms.